The highest BCUT2D eigenvalue weighted by molar-refractivity contribution is 6.13. The SMILES string of the molecule is Cc1ccc(C)c(/C(=N/O)c2ccncc2)c1. The van der Waals surface area contributed by atoms with Crippen molar-refractivity contribution in [1.82, 2.24) is 4.98 Å². The van der Waals surface area contributed by atoms with Gasteiger partial charge in [-0.15, -0.1) is 0 Å². The maximum atomic E-state index is 9.22. The monoisotopic (exact) mass is 226 g/mol. The lowest BCUT2D eigenvalue weighted by Gasteiger charge is -2.09. The van der Waals surface area contributed by atoms with Crippen LogP contribution in [-0.2, 0) is 0 Å². The molecule has 1 heterocycles. The molecule has 2 aromatic rings. The molecule has 0 fully saturated rings. The van der Waals surface area contributed by atoms with Crippen molar-refractivity contribution in [2.24, 2.45) is 5.16 Å². The molecule has 0 spiro atoms. The zero-order valence-corrected chi connectivity index (χ0v) is 9.88. The fourth-order valence-electron chi connectivity index (χ4n) is 1.77. The molecular weight excluding hydrogens is 212 g/mol. The van der Waals surface area contributed by atoms with E-state index < -0.39 is 0 Å². The summed E-state index contributed by atoms with van der Waals surface area (Å²) < 4.78 is 0. The Bertz CT molecular complexity index is 547. The largest absolute Gasteiger partial charge is 0.410 e. The minimum Gasteiger partial charge on any atom is -0.410 e. The van der Waals surface area contributed by atoms with Crippen LogP contribution in [0.25, 0.3) is 0 Å². The van der Waals surface area contributed by atoms with E-state index in [-0.39, 0.29) is 0 Å². The molecule has 0 saturated carbocycles. The number of nitrogens with zero attached hydrogens (tertiary/aromatic N) is 2. The average molecular weight is 226 g/mol. The zero-order valence-electron chi connectivity index (χ0n) is 9.88. The summed E-state index contributed by atoms with van der Waals surface area (Å²) in [6, 6.07) is 9.75. The molecule has 0 radical (unpaired) electrons. The van der Waals surface area contributed by atoms with Crippen molar-refractivity contribution in [3.8, 4) is 0 Å². The molecule has 17 heavy (non-hydrogen) atoms. The summed E-state index contributed by atoms with van der Waals surface area (Å²) in [5.74, 6) is 0. The molecule has 0 aliphatic carbocycles. The Morgan fingerprint density at radius 3 is 2.47 bits per heavy atom. The third-order valence-electron chi connectivity index (χ3n) is 2.70. The van der Waals surface area contributed by atoms with E-state index in [1.54, 1.807) is 12.4 Å². The fourth-order valence-corrected chi connectivity index (χ4v) is 1.77. The Hall–Kier alpha value is -2.16. The molecule has 86 valence electrons. The maximum absolute atomic E-state index is 9.22. The minimum atomic E-state index is 0.577. The summed E-state index contributed by atoms with van der Waals surface area (Å²) in [6.45, 7) is 4.02. The Balaban J connectivity index is 2.54. The summed E-state index contributed by atoms with van der Waals surface area (Å²) in [5.41, 5.74) is 4.60. The van der Waals surface area contributed by atoms with Gasteiger partial charge in [-0.3, -0.25) is 4.98 Å². The smallest absolute Gasteiger partial charge is 0.117 e. The number of pyridine rings is 1. The van der Waals surface area contributed by atoms with Gasteiger partial charge in [0.2, 0.25) is 0 Å². The molecule has 1 aromatic heterocycles. The zero-order chi connectivity index (χ0) is 12.3. The van der Waals surface area contributed by atoms with Crippen LogP contribution >= 0.6 is 0 Å². The van der Waals surface area contributed by atoms with Crippen LogP contribution in [0.15, 0.2) is 47.9 Å². The molecule has 0 unspecified atom stereocenters. The van der Waals surface area contributed by atoms with Gasteiger partial charge < -0.3 is 5.21 Å². The third kappa shape index (κ3) is 2.33. The number of aromatic nitrogens is 1. The van der Waals surface area contributed by atoms with E-state index in [4.69, 9.17) is 0 Å². The van der Waals surface area contributed by atoms with Crippen LogP contribution in [0, 0.1) is 13.8 Å². The van der Waals surface area contributed by atoms with E-state index in [2.05, 4.69) is 10.1 Å². The molecule has 3 heteroatoms. The summed E-state index contributed by atoms with van der Waals surface area (Å²) in [4.78, 5) is 3.96. The third-order valence-corrected chi connectivity index (χ3v) is 2.70. The second-order valence-corrected chi connectivity index (χ2v) is 4.00. The van der Waals surface area contributed by atoms with E-state index in [1.165, 1.54) is 0 Å². The first-order chi connectivity index (χ1) is 8.22. The Morgan fingerprint density at radius 1 is 1.12 bits per heavy atom. The molecule has 0 aliphatic rings. The molecule has 2 rings (SSSR count). The van der Waals surface area contributed by atoms with E-state index in [0.29, 0.717) is 5.71 Å². The molecule has 1 N–H and O–H groups in total. The van der Waals surface area contributed by atoms with Gasteiger partial charge in [-0.05, 0) is 37.6 Å². The predicted octanol–water partition coefficient (Wildman–Crippen LogP) is 2.93. The van der Waals surface area contributed by atoms with Crippen molar-refractivity contribution in [3.05, 3.63) is 65.0 Å². The minimum absolute atomic E-state index is 0.577. The average Bonchev–Trinajstić information content (AvgIpc) is 2.36. The summed E-state index contributed by atoms with van der Waals surface area (Å²) in [7, 11) is 0. The second-order valence-electron chi connectivity index (χ2n) is 4.00. The van der Waals surface area contributed by atoms with Gasteiger partial charge in [0.15, 0.2) is 0 Å². The van der Waals surface area contributed by atoms with E-state index >= 15 is 0 Å². The standard InChI is InChI=1S/C14H14N2O/c1-10-3-4-11(2)13(9-10)14(16-17)12-5-7-15-8-6-12/h3-9,17H,1-2H3/b16-14+. The highest BCUT2D eigenvalue weighted by Gasteiger charge is 2.10. The molecule has 3 nitrogen and oxygen atoms in total. The van der Waals surface area contributed by atoms with Crippen molar-refractivity contribution in [2.75, 3.05) is 0 Å². The van der Waals surface area contributed by atoms with Crippen LogP contribution in [0.1, 0.15) is 22.3 Å². The number of rotatable bonds is 2. The Morgan fingerprint density at radius 2 is 1.82 bits per heavy atom. The van der Waals surface area contributed by atoms with Gasteiger partial charge >= 0.3 is 0 Å². The van der Waals surface area contributed by atoms with Gasteiger partial charge in [0.1, 0.15) is 5.71 Å². The van der Waals surface area contributed by atoms with Crippen LogP contribution in [0.4, 0.5) is 0 Å². The lowest BCUT2D eigenvalue weighted by Crippen LogP contribution is -2.06. The highest BCUT2D eigenvalue weighted by atomic mass is 16.4. The van der Waals surface area contributed by atoms with Gasteiger partial charge in [0.25, 0.3) is 0 Å². The lowest BCUT2D eigenvalue weighted by molar-refractivity contribution is 0.319. The van der Waals surface area contributed by atoms with Crippen molar-refractivity contribution < 1.29 is 5.21 Å². The molecule has 0 atom stereocenters. The van der Waals surface area contributed by atoms with E-state index in [0.717, 1.165) is 22.3 Å². The first-order valence-electron chi connectivity index (χ1n) is 5.42. The van der Waals surface area contributed by atoms with Crippen molar-refractivity contribution in [1.29, 1.82) is 0 Å². The van der Waals surface area contributed by atoms with Crippen LogP contribution in [0.5, 0.6) is 0 Å². The first kappa shape index (κ1) is 11.3. The summed E-state index contributed by atoms with van der Waals surface area (Å²) in [5, 5.41) is 12.6. The molecule has 0 saturated heterocycles. The van der Waals surface area contributed by atoms with Crippen molar-refractivity contribution >= 4 is 5.71 Å². The van der Waals surface area contributed by atoms with Gasteiger partial charge in [-0.2, -0.15) is 0 Å². The Kier molecular flexibility index (Phi) is 3.19. The van der Waals surface area contributed by atoms with Gasteiger partial charge in [-0.1, -0.05) is 22.9 Å². The summed E-state index contributed by atoms with van der Waals surface area (Å²) >= 11 is 0. The predicted molar refractivity (Wildman–Crippen MR) is 67.6 cm³/mol. The first-order valence-corrected chi connectivity index (χ1v) is 5.42. The molecule has 0 aliphatic heterocycles. The number of oxime groups is 1. The number of aryl methyl sites for hydroxylation is 2. The number of hydrogen-bond acceptors (Lipinski definition) is 3. The Labute approximate surface area is 100 Å². The van der Waals surface area contributed by atoms with E-state index in [9.17, 15) is 5.21 Å². The fraction of sp³-hybridized carbons (Fsp3) is 0.143. The van der Waals surface area contributed by atoms with E-state index in [1.807, 2.05) is 44.2 Å². The van der Waals surface area contributed by atoms with Crippen molar-refractivity contribution in [2.45, 2.75) is 13.8 Å². The van der Waals surface area contributed by atoms with Crippen LogP contribution in [0.2, 0.25) is 0 Å². The second kappa shape index (κ2) is 4.78. The van der Waals surface area contributed by atoms with Crippen LogP contribution in [-0.4, -0.2) is 15.9 Å². The quantitative estimate of drug-likeness (QED) is 0.486. The van der Waals surface area contributed by atoms with Gasteiger partial charge in [-0.25, -0.2) is 0 Å². The van der Waals surface area contributed by atoms with Crippen molar-refractivity contribution in [3.63, 3.8) is 0 Å². The molecule has 0 bridgehead atoms. The number of hydrogen-bond donors (Lipinski definition) is 1. The van der Waals surface area contributed by atoms with Gasteiger partial charge in [0, 0.05) is 23.5 Å². The van der Waals surface area contributed by atoms with Crippen LogP contribution in [0.3, 0.4) is 0 Å². The topological polar surface area (TPSA) is 45.5 Å². The number of benzene rings is 1. The van der Waals surface area contributed by atoms with Crippen LogP contribution < -0.4 is 0 Å². The molecular formula is C14H14N2O. The normalized spacial score (nSPS) is 11.5. The molecule has 0 amide bonds. The van der Waals surface area contributed by atoms with Gasteiger partial charge in [0.05, 0.1) is 0 Å². The lowest BCUT2D eigenvalue weighted by atomic mass is 9.97. The summed E-state index contributed by atoms with van der Waals surface area (Å²) in [6.07, 6.45) is 3.37. The molecule has 1 aromatic carbocycles. The highest BCUT2D eigenvalue weighted by Crippen LogP contribution is 2.16. The maximum Gasteiger partial charge on any atom is 0.117 e.